The number of benzene rings is 1. The summed E-state index contributed by atoms with van der Waals surface area (Å²) in [5, 5.41) is 3.44. The van der Waals surface area contributed by atoms with Gasteiger partial charge in [-0.15, -0.1) is 11.3 Å². The Balaban J connectivity index is 1.59. The molecule has 0 amide bonds. The zero-order chi connectivity index (χ0) is 14.8. The molecule has 0 radical (unpaired) electrons. The molecule has 5 heteroatoms. The molecule has 0 fully saturated rings. The van der Waals surface area contributed by atoms with Gasteiger partial charge >= 0.3 is 0 Å². The van der Waals surface area contributed by atoms with Crippen LogP contribution < -0.4 is 5.32 Å². The van der Waals surface area contributed by atoms with E-state index in [0.29, 0.717) is 0 Å². The largest absolute Gasteiger partial charge is 0.311 e. The van der Waals surface area contributed by atoms with E-state index in [9.17, 15) is 4.39 Å². The maximum absolute atomic E-state index is 12.8. The average molecular weight is 303 g/mol. The molecule has 0 aliphatic rings. The number of hydrogen-bond acceptors (Lipinski definition) is 3. The van der Waals surface area contributed by atoms with E-state index in [0.717, 1.165) is 35.7 Å². The minimum atomic E-state index is -0.184. The fraction of sp³-hybridized carbons (Fsp3) is 0.312. The van der Waals surface area contributed by atoms with Crippen molar-refractivity contribution in [1.82, 2.24) is 14.7 Å². The third kappa shape index (κ3) is 3.14. The first kappa shape index (κ1) is 14.2. The second-order valence-corrected chi connectivity index (χ2v) is 6.40. The summed E-state index contributed by atoms with van der Waals surface area (Å²) < 4.78 is 15.0. The summed E-state index contributed by atoms with van der Waals surface area (Å²) in [6.07, 6.45) is 3.03. The van der Waals surface area contributed by atoms with Crippen molar-refractivity contribution in [3.63, 3.8) is 0 Å². The van der Waals surface area contributed by atoms with E-state index in [1.54, 1.807) is 11.3 Å². The molecule has 0 spiro atoms. The van der Waals surface area contributed by atoms with Crippen LogP contribution in [0, 0.1) is 19.7 Å². The maximum Gasteiger partial charge on any atom is 0.194 e. The second-order valence-electron chi connectivity index (χ2n) is 5.19. The molecule has 1 N–H and O–H groups in total. The number of aromatic nitrogens is 2. The lowest BCUT2D eigenvalue weighted by Gasteiger charge is -2.05. The van der Waals surface area contributed by atoms with Gasteiger partial charge in [-0.3, -0.25) is 4.40 Å². The lowest BCUT2D eigenvalue weighted by Crippen LogP contribution is -2.18. The van der Waals surface area contributed by atoms with Gasteiger partial charge in [0.25, 0.3) is 0 Å². The van der Waals surface area contributed by atoms with Gasteiger partial charge in [-0.05, 0) is 44.5 Å². The van der Waals surface area contributed by atoms with Crippen LogP contribution >= 0.6 is 11.3 Å². The topological polar surface area (TPSA) is 29.3 Å². The minimum Gasteiger partial charge on any atom is -0.311 e. The molecule has 0 unspecified atom stereocenters. The molecule has 0 atom stereocenters. The molecule has 2 aromatic heterocycles. The van der Waals surface area contributed by atoms with Crippen LogP contribution in [-0.2, 0) is 13.0 Å². The van der Waals surface area contributed by atoms with E-state index < -0.39 is 0 Å². The molecule has 3 aromatic rings. The van der Waals surface area contributed by atoms with Gasteiger partial charge in [-0.2, -0.15) is 0 Å². The molecule has 1 aromatic carbocycles. The van der Waals surface area contributed by atoms with E-state index in [-0.39, 0.29) is 5.82 Å². The summed E-state index contributed by atoms with van der Waals surface area (Å²) in [6.45, 7) is 5.80. The SMILES string of the molecule is Cc1cn2c(CNCCc3ccc(F)cc3)c(C)nc2s1. The first-order chi connectivity index (χ1) is 10.1. The van der Waals surface area contributed by atoms with Gasteiger partial charge in [0.1, 0.15) is 5.82 Å². The molecule has 110 valence electrons. The second kappa shape index (κ2) is 5.95. The molecule has 0 bridgehead atoms. The van der Waals surface area contributed by atoms with Gasteiger partial charge in [-0.1, -0.05) is 12.1 Å². The Hall–Kier alpha value is -1.72. The molecule has 3 nitrogen and oxygen atoms in total. The average Bonchev–Trinajstić information content (AvgIpc) is 2.93. The van der Waals surface area contributed by atoms with Crippen molar-refractivity contribution in [2.24, 2.45) is 0 Å². The van der Waals surface area contributed by atoms with Crippen molar-refractivity contribution in [3.8, 4) is 0 Å². The summed E-state index contributed by atoms with van der Waals surface area (Å²) in [4.78, 5) is 6.90. The number of nitrogens with zero attached hydrogens (tertiary/aromatic N) is 2. The third-order valence-corrected chi connectivity index (χ3v) is 4.44. The van der Waals surface area contributed by atoms with Crippen molar-refractivity contribution in [1.29, 1.82) is 0 Å². The first-order valence-corrected chi connectivity index (χ1v) is 7.84. The highest BCUT2D eigenvalue weighted by Crippen LogP contribution is 2.20. The highest BCUT2D eigenvalue weighted by molar-refractivity contribution is 7.17. The Morgan fingerprint density at radius 1 is 1.24 bits per heavy atom. The van der Waals surface area contributed by atoms with Gasteiger partial charge in [-0.25, -0.2) is 9.37 Å². The molecule has 3 rings (SSSR count). The van der Waals surface area contributed by atoms with E-state index in [1.807, 2.05) is 19.1 Å². The highest BCUT2D eigenvalue weighted by atomic mass is 32.1. The zero-order valence-corrected chi connectivity index (χ0v) is 13.0. The van der Waals surface area contributed by atoms with Crippen LogP contribution in [0.4, 0.5) is 4.39 Å². The normalized spacial score (nSPS) is 11.4. The Bertz CT molecular complexity index is 743. The molecular weight excluding hydrogens is 285 g/mol. The Morgan fingerprint density at radius 3 is 2.76 bits per heavy atom. The smallest absolute Gasteiger partial charge is 0.194 e. The van der Waals surface area contributed by atoms with Crippen LogP contribution in [0.2, 0.25) is 0 Å². The van der Waals surface area contributed by atoms with Gasteiger partial charge in [0.2, 0.25) is 0 Å². The highest BCUT2D eigenvalue weighted by Gasteiger charge is 2.10. The van der Waals surface area contributed by atoms with E-state index >= 15 is 0 Å². The number of rotatable bonds is 5. The molecule has 21 heavy (non-hydrogen) atoms. The molecule has 0 saturated heterocycles. The van der Waals surface area contributed by atoms with Crippen molar-refractivity contribution in [3.05, 3.63) is 58.1 Å². The molecular formula is C16H18FN3S. The molecule has 0 saturated carbocycles. The van der Waals surface area contributed by atoms with Crippen LogP contribution in [-0.4, -0.2) is 15.9 Å². The number of imidazole rings is 1. The van der Waals surface area contributed by atoms with Crippen molar-refractivity contribution in [2.75, 3.05) is 6.54 Å². The molecule has 2 heterocycles. The van der Waals surface area contributed by atoms with E-state index in [4.69, 9.17) is 0 Å². The number of aryl methyl sites for hydroxylation is 2. The fourth-order valence-corrected chi connectivity index (χ4v) is 3.30. The number of hydrogen-bond donors (Lipinski definition) is 1. The number of fused-ring (bicyclic) bond motifs is 1. The lowest BCUT2D eigenvalue weighted by molar-refractivity contribution is 0.625. The van der Waals surface area contributed by atoms with Crippen molar-refractivity contribution >= 4 is 16.3 Å². The first-order valence-electron chi connectivity index (χ1n) is 7.02. The van der Waals surface area contributed by atoms with Crippen LogP contribution in [0.3, 0.4) is 0 Å². The summed E-state index contributed by atoms with van der Waals surface area (Å²) >= 11 is 1.71. The summed E-state index contributed by atoms with van der Waals surface area (Å²) in [6, 6.07) is 6.69. The van der Waals surface area contributed by atoms with Crippen LogP contribution in [0.15, 0.2) is 30.5 Å². The molecule has 0 aliphatic heterocycles. The predicted molar refractivity (Wildman–Crippen MR) is 84.4 cm³/mol. The summed E-state index contributed by atoms with van der Waals surface area (Å²) in [5.41, 5.74) is 3.44. The predicted octanol–water partition coefficient (Wildman–Crippen LogP) is 3.48. The van der Waals surface area contributed by atoms with Gasteiger partial charge < -0.3 is 5.32 Å². The van der Waals surface area contributed by atoms with Crippen molar-refractivity contribution < 1.29 is 4.39 Å². The Labute approximate surface area is 127 Å². The van der Waals surface area contributed by atoms with E-state index in [2.05, 4.69) is 27.8 Å². The van der Waals surface area contributed by atoms with Gasteiger partial charge in [0, 0.05) is 17.6 Å². The lowest BCUT2D eigenvalue weighted by atomic mass is 10.1. The number of nitrogens with one attached hydrogen (secondary N) is 1. The number of thiazole rings is 1. The maximum atomic E-state index is 12.8. The third-order valence-electron chi connectivity index (χ3n) is 3.54. The van der Waals surface area contributed by atoms with Gasteiger partial charge in [0.05, 0.1) is 11.4 Å². The molecule has 0 aliphatic carbocycles. The van der Waals surface area contributed by atoms with Crippen molar-refractivity contribution in [2.45, 2.75) is 26.8 Å². The Morgan fingerprint density at radius 2 is 2.00 bits per heavy atom. The minimum absolute atomic E-state index is 0.184. The summed E-state index contributed by atoms with van der Waals surface area (Å²) in [7, 11) is 0. The number of halogens is 1. The van der Waals surface area contributed by atoms with Crippen LogP contribution in [0.1, 0.15) is 21.8 Å². The monoisotopic (exact) mass is 303 g/mol. The summed E-state index contributed by atoms with van der Waals surface area (Å²) in [5.74, 6) is -0.184. The zero-order valence-electron chi connectivity index (χ0n) is 12.2. The van der Waals surface area contributed by atoms with E-state index in [1.165, 1.54) is 22.7 Å². The quantitative estimate of drug-likeness (QED) is 0.731. The standard InChI is InChI=1S/C16H18FN3S/c1-11-10-20-15(12(2)19-16(20)21-11)9-18-8-7-13-3-5-14(17)6-4-13/h3-6,10,18H,7-9H2,1-2H3. The van der Waals surface area contributed by atoms with Crippen LogP contribution in [0.25, 0.3) is 4.96 Å². The van der Waals surface area contributed by atoms with Crippen LogP contribution in [0.5, 0.6) is 0 Å². The fourth-order valence-electron chi connectivity index (χ4n) is 2.41. The van der Waals surface area contributed by atoms with Gasteiger partial charge in [0.15, 0.2) is 4.96 Å². The Kier molecular flexibility index (Phi) is 4.03.